The van der Waals surface area contributed by atoms with Gasteiger partial charge in [-0.2, -0.15) is 0 Å². The van der Waals surface area contributed by atoms with Crippen LogP contribution in [0.3, 0.4) is 0 Å². The number of carbonyl (C=O) groups excluding carboxylic acids is 1. The molecule has 0 fully saturated rings. The monoisotopic (exact) mass is 309 g/mol. The molecule has 0 bridgehead atoms. The van der Waals surface area contributed by atoms with Gasteiger partial charge in [0.25, 0.3) is 5.91 Å². The quantitative estimate of drug-likeness (QED) is 0.874. The maximum Gasteiger partial charge on any atom is 0.262 e. The van der Waals surface area contributed by atoms with Gasteiger partial charge in [0.1, 0.15) is 5.75 Å². The summed E-state index contributed by atoms with van der Waals surface area (Å²) in [6, 6.07) is 7.19. The Kier molecular flexibility index (Phi) is 4.70. The number of ether oxygens (including phenoxy) is 1. The minimum atomic E-state index is -1.63. The second-order valence-electron chi connectivity index (χ2n) is 4.83. The Morgan fingerprint density at radius 1 is 1.09 bits per heavy atom. The molecule has 0 radical (unpaired) electrons. The zero-order valence-electron chi connectivity index (χ0n) is 12.0. The molecule has 0 spiro atoms. The Morgan fingerprint density at radius 3 is 2.55 bits per heavy atom. The van der Waals surface area contributed by atoms with Crippen LogP contribution in [0, 0.1) is 31.3 Å². The fraction of sp³-hybridized carbons (Fsp3) is 0.188. The maximum atomic E-state index is 13.4. The van der Waals surface area contributed by atoms with Crippen molar-refractivity contribution >= 4 is 11.6 Å². The van der Waals surface area contributed by atoms with E-state index in [1.807, 2.05) is 26.0 Å². The van der Waals surface area contributed by atoms with E-state index in [0.29, 0.717) is 5.75 Å². The molecule has 0 aliphatic heterocycles. The van der Waals surface area contributed by atoms with Gasteiger partial charge < -0.3 is 10.1 Å². The highest BCUT2D eigenvalue weighted by Gasteiger charge is 2.15. The van der Waals surface area contributed by atoms with Crippen LogP contribution in [0.25, 0.3) is 0 Å². The lowest BCUT2D eigenvalue weighted by atomic mass is 10.1. The van der Waals surface area contributed by atoms with Crippen molar-refractivity contribution in [3.05, 3.63) is 58.9 Å². The van der Waals surface area contributed by atoms with Crippen LogP contribution in [0.1, 0.15) is 11.1 Å². The first-order chi connectivity index (χ1) is 10.4. The Bertz CT molecular complexity index is 717. The van der Waals surface area contributed by atoms with Crippen LogP contribution in [0.2, 0.25) is 0 Å². The van der Waals surface area contributed by atoms with Crippen LogP contribution in [-0.4, -0.2) is 12.5 Å². The van der Waals surface area contributed by atoms with E-state index >= 15 is 0 Å². The van der Waals surface area contributed by atoms with Gasteiger partial charge in [0.2, 0.25) is 0 Å². The molecule has 1 amide bonds. The molecule has 2 aromatic carbocycles. The van der Waals surface area contributed by atoms with Crippen molar-refractivity contribution in [1.82, 2.24) is 0 Å². The molecule has 2 aromatic rings. The van der Waals surface area contributed by atoms with Crippen molar-refractivity contribution in [3.8, 4) is 5.75 Å². The molecule has 116 valence electrons. The summed E-state index contributed by atoms with van der Waals surface area (Å²) in [6.45, 7) is 3.33. The standard InChI is InChI=1S/C16H14F3NO2/c1-9-3-4-10(2)13(7-9)22-8-14(21)20-12-6-5-11(17)15(18)16(12)19/h3-7H,8H2,1-2H3,(H,20,21). The second kappa shape index (κ2) is 6.51. The summed E-state index contributed by atoms with van der Waals surface area (Å²) < 4.78 is 44.6. The SMILES string of the molecule is Cc1ccc(C)c(OCC(=O)Nc2ccc(F)c(F)c2F)c1. The van der Waals surface area contributed by atoms with Crippen LogP contribution in [-0.2, 0) is 4.79 Å². The van der Waals surface area contributed by atoms with Crippen molar-refractivity contribution in [2.45, 2.75) is 13.8 Å². The van der Waals surface area contributed by atoms with Gasteiger partial charge in [-0.05, 0) is 43.2 Å². The molecule has 0 unspecified atom stereocenters. The molecule has 0 heterocycles. The van der Waals surface area contributed by atoms with Gasteiger partial charge in [-0.3, -0.25) is 4.79 Å². The first-order valence-corrected chi connectivity index (χ1v) is 6.52. The van der Waals surface area contributed by atoms with Gasteiger partial charge in [0.05, 0.1) is 5.69 Å². The van der Waals surface area contributed by atoms with Crippen LogP contribution in [0.5, 0.6) is 5.75 Å². The first kappa shape index (κ1) is 15.9. The molecule has 6 heteroatoms. The van der Waals surface area contributed by atoms with E-state index in [9.17, 15) is 18.0 Å². The number of carbonyl (C=O) groups is 1. The van der Waals surface area contributed by atoms with E-state index in [1.54, 1.807) is 6.07 Å². The largest absolute Gasteiger partial charge is 0.483 e. The molecule has 0 saturated heterocycles. The number of anilines is 1. The van der Waals surface area contributed by atoms with Gasteiger partial charge in [0, 0.05) is 0 Å². The van der Waals surface area contributed by atoms with Gasteiger partial charge in [-0.1, -0.05) is 12.1 Å². The fourth-order valence-corrected chi connectivity index (χ4v) is 1.81. The number of halogens is 3. The molecular formula is C16H14F3NO2. The minimum absolute atomic E-state index is 0.372. The van der Waals surface area contributed by atoms with Crippen molar-refractivity contribution in [3.63, 3.8) is 0 Å². The summed E-state index contributed by atoms with van der Waals surface area (Å²) in [4.78, 5) is 11.7. The summed E-state index contributed by atoms with van der Waals surface area (Å²) in [5.41, 5.74) is 1.37. The Balaban J connectivity index is 2.02. The number of benzene rings is 2. The normalized spacial score (nSPS) is 10.4. The predicted octanol–water partition coefficient (Wildman–Crippen LogP) is 3.74. The summed E-state index contributed by atoms with van der Waals surface area (Å²) in [5, 5.41) is 2.14. The average Bonchev–Trinajstić information content (AvgIpc) is 2.49. The first-order valence-electron chi connectivity index (χ1n) is 6.52. The number of nitrogens with one attached hydrogen (secondary N) is 1. The third kappa shape index (κ3) is 3.58. The molecular weight excluding hydrogens is 295 g/mol. The lowest BCUT2D eigenvalue weighted by molar-refractivity contribution is -0.118. The third-order valence-corrected chi connectivity index (χ3v) is 3.01. The number of hydrogen-bond donors (Lipinski definition) is 1. The molecule has 2 rings (SSSR count). The van der Waals surface area contributed by atoms with Crippen LogP contribution in [0.15, 0.2) is 30.3 Å². The number of rotatable bonds is 4. The molecule has 0 aromatic heterocycles. The fourth-order valence-electron chi connectivity index (χ4n) is 1.81. The van der Waals surface area contributed by atoms with Crippen molar-refractivity contribution in [1.29, 1.82) is 0 Å². The topological polar surface area (TPSA) is 38.3 Å². The second-order valence-corrected chi connectivity index (χ2v) is 4.83. The lowest BCUT2D eigenvalue weighted by Gasteiger charge is -2.11. The van der Waals surface area contributed by atoms with Gasteiger partial charge in [-0.25, -0.2) is 13.2 Å². The maximum absolute atomic E-state index is 13.4. The van der Waals surface area contributed by atoms with E-state index in [2.05, 4.69) is 5.32 Å². The van der Waals surface area contributed by atoms with Crippen molar-refractivity contribution in [2.75, 3.05) is 11.9 Å². The summed E-state index contributed by atoms with van der Waals surface area (Å²) in [6.07, 6.45) is 0. The highest BCUT2D eigenvalue weighted by Crippen LogP contribution is 2.21. The number of hydrogen-bond acceptors (Lipinski definition) is 2. The zero-order valence-corrected chi connectivity index (χ0v) is 12.0. The molecule has 22 heavy (non-hydrogen) atoms. The van der Waals surface area contributed by atoms with Crippen LogP contribution in [0.4, 0.5) is 18.9 Å². The smallest absolute Gasteiger partial charge is 0.262 e. The van der Waals surface area contributed by atoms with Crippen LogP contribution < -0.4 is 10.1 Å². The van der Waals surface area contributed by atoms with Gasteiger partial charge >= 0.3 is 0 Å². The summed E-state index contributed by atoms with van der Waals surface area (Å²) in [7, 11) is 0. The number of aryl methyl sites for hydroxylation is 2. The minimum Gasteiger partial charge on any atom is -0.483 e. The predicted molar refractivity (Wildman–Crippen MR) is 76.4 cm³/mol. The highest BCUT2D eigenvalue weighted by atomic mass is 19.2. The van der Waals surface area contributed by atoms with Crippen molar-refractivity contribution in [2.24, 2.45) is 0 Å². The summed E-state index contributed by atoms with van der Waals surface area (Å²) in [5.74, 6) is -4.54. The Morgan fingerprint density at radius 2 is 1.82 bits per heavy atom. The van der Waals surface area contributed by atoms with E-state index in [-0.39, 0.29) is 6.61 Å². The zero-order chi connectivity index (χ0) is 16.3. The van der Waals surface area contributed by atoms with Crippen LogP contribution >= 0.6 is 0 Å². The number of amides is 1. The van der Waals surface area contributed by atoms with E-state index in [1.165, 1.54) is 0 Å². The summed E-state index contributed by atoms with van der Waals surface area (Å²) >= 11 is 0. The van der Waals surface area contributed by atoms with Crippen molar-refractivity contribution < 1.29 is 22.7 Å². The Hall–Kier alpha value is -2.50. The highest BCUT2D eigenvalue weighted by molar-refractivity contribution is 5.92. The molecule has 1 N–H and O–H groups in total. The molecule has 0 saturated carbocycles. The molecule has 0 aliphatic carbocycles. The van der Waals surface area contributed by atoms with Gasteiger partial charge in [0.15, 0.2) is 24.1 Å². The average molecular weight is 309 g/mol. The van der Waals surface area contributed by atoms with E-state index in [4.69, 9.17) is 4.74 Å². The molecule has 0 aliphatic rings. The van der Waals surface area contributed by atoms with E-state index in [0.717, 1.165) is 23.3 Å². The lowest BCUT2D eigenvalue weighted by Crippen LogP contribution is -2.21. The van der Waals surface area contributed by atoms with E-state index < -0.39 is 29.0 Å². The third-order valence-electron chi connectivity index (χ3n) is 3.01. The molecule has 0 atom stereocenters. The Labute approximate surface area is 125 Å². The molecule has 3 nitrogen and oxygen atoms in total. The van der Waals surface area contributed by atoms with Gasteiger partial charge in [-0.15, -0.1) is 0 Å².